The second kappa shape index (κ2) is 4.09. The van der Waals surface area contributed by atoms with Gasteiger partial charge in [-0.3, -0.25) is 9.79 Å². The third-order valence-corrected chi connectivity index (χ3v) is 0.926. The van der Waals surface area contributed by atoms with Crippen LogP contribution in [0.1, 0.15) is 0 Å². The van der Waals surface area contributed by atoms with Crippen LogP contribution in [0, 0.1) is 0 Å². The highest BCUT2D eigenvalue weighted by atomic mass is 31.2. The first-order valence-electron chi connectivity index (χ1n) is 2.00. The van der Waals surface area contributed by atoms with Crippen molar-refractivity contribution in [3.05, 3.63) is 12.3 Å². The average Bonchev–Trinajstić information content (AvgIpc) is 1.60. The number of carbonyl (C=O) groups is 1. The molecule has 0 radical (unpaired) electrons. The molecule has 0 aromatic carbocycles. The Morgan fingerprint density at radius 3 is 1.91 bits per heavy atom. The Labute approximate surface area is 62.1 Å². The topological polar surface area (TPSA) is 139 Å². The van der Waals surface area contributed by atoms with Gasteiger partial charge in [-0.2, -0.15) is 0 Å². The molecule has 0 atom stereocenters. The molecule has 0 fully saturated rings. The fourth-order valence-electron chi connectivity index (χ4n) is 0.183. The van der Waals surface area contributed by atoms with Gasteiger partial charge in [0.2, 0.25) is 5.76 Å². The maximum Gasteiger partial charge on any atom is 0.525 e. The lowest BCUT2D eigenvalue weighted by atomic mass is 10.6. The van der Waals surface area contributed by atoms with Crippen molar-refractivity contribution in [2.75, 3.05) is 0 Å². The summed E-state index contributed by atoms with van der Waals surface area (Å²) in [4.78, 5) is 25.8. The van der Waals surface area contributed by atoms with E-state index < -0.39 is 19.6 Å². The van der Waals surface area contributed by atoms with Gasteiger partial charge in [0.25, 0.3) is 0 Å². The Bertz CT molecular complexity index is 206. The number of phosphoric acid groups is 1. The minimum atomic E-state index is -4.76. The third-order valence-electron chi connectivity index (χ3n) is 0.468. The Kier molecular flexibility index (Phi) is 4.75. The molecule has 0 bridgehead atoms. The molecule has 66 valence electrons. The van der Waals surface area contributed by atoms with Crippen LogP contribution < -0.4 is 6.15 Å². The van der Waals surface area contributed by atoms with E-state index in [1.165, 1.54) is 0 Å². The van der Waals surface area contributed by atoms with Crippen LogP contribution in [-0.2, 0) is 13.9 Å². The highest BCUT2D eigenvalue weighted by Crippen LogP contribution is 2.38. The summed E-state index contributed by atoms with van der Waals surface area (Å²) in [5, 5.41) is 7.98. The van der Waals surface area contributed by atoms with Gasteiger partial charge in [0.15, 0.2) is 0 Å². The number of carboxylic acids is 1. The second-order valence-corrected chi connectivity index (χ2v) is 2.47. The Balaban J connectivity index is 0. The zero-order valence-electron chi connectivity index (χ0n) is 5.43. The van der Waals surface area contributed by atoms with Gasteiger partial charge in [-0.05, 0) is 6.58 Å². The Morgan fingerprint density at radius 2 is 1.82 bits per heavy atom. The molecule has 11 heavy (non-hydrogen) atoms. The number of aliphatic carboxylic acids is 1. The van der Waals surface area contributed by atoms with Gasteiger partial charge < -0.3 is 15.8 Å². The predicted molar refractivity (Wildman–Crippen MR) is 34.9 cm³/mol. The van der Waals surface area contributed by atoms with E-state index in [4.69, 9.17) is 14.9 Å². The Hall–Kier alpha value is -0.880. The van der Waals surface area contributed by atoms with E-state index in [2.05, 4.69) is 11.1 Å². The van der Waals surface area contributed by atoms with Crippen LogP contribution in [-0.4, -0.2) is 20.9 Å². The van der Waals surface area contributed by atoms with Crippen LogP contribution in [0.4, 0.5) is 0 Å². The molecule has 0 unspecified atom stereocenters. The predicted octanol–water partition coefficient (Wildman–Crippen LogP) is -0.144. The van der Waals surface area contributed by atoms with Gasteiger partial charge in [0.05, 0.1) is 0 Å². The van der Waals surface area contributed by atoms with E-state index in [-0.39, 0.29) is 6.15 Å². The SMILES string of the molecule is C=C(OP(=O)(O)O)C(=O)O.N. The highest BCUT2D eigenvalue weighted by molar-refractivity contribution is 7.46. The summed E-state index contributed by atoms with van der Waals surface area (Å²) in [6.07, 6.45) is 0. The zero-order chi connectivity index (χ0) is 8.36. The van der Waals surface area contributed by atoms with Gasteiger partial charge in [-0.1, -0.05) is 0 Å². The molecule has 0 heterocycles. The smallest absolute Gasteiger partial charge is 0.475 e. The molecule has 0 spiro atoms. The van der Waals surface area contributed by atoms with Crippen molar-refractivity contribution in [3.8, 4) is 0 Å². The summed E-state index contributed by atoms with van der Waals surface area (Å²) in [5.74, 6) is -2.59. The average molecular weight is 185 g/mol. The highest BCUT2D eigenvalue weighted by Gasteiger charge is 2.19. The van der Waals surface area contributed by atoms with Crippen molar-refractivity contribution in [1.29, 1.82) is 0 Å². The molecule has 0 aliphatic heterocycles. The number of rotatable bonds is 3. The van der Waals surface area contributed by atoms with Crippen LogP contribution in [0.5, 0.6) is 0 Å². The molecule has 0 aliphatic carbocycles. The summed E-state index contributed by atoms with van der Waals surface area (Å²) in [6.45, 7) is 2.73. The number of hydrogen-bond acceptors (Lipinski definition) is 4. The molecular formula is C3H8NO6P. The lowest BCUT2D eigenvalue weighted by Crippen LogP contribution is -2.01. The van der Waals surface area contributed by atoms with Gasteiger partial charge in [-0.25, -0.2) is 9.36 Å². The summed E-state index contributed by atoms with van der Waals surface area (Å²) in [7, 11) is -4.76. The van der Waals surface area contributed by atoms with Crippen LogP contribution >= 0.6 is 7.82 Å². The summed E-state index contributed by atoms with van der Waals surface area (Å²) >= 11 is 0. The summed E-state index contributed by atoms with van der Waals surface area (Å²) < 4.78 is 13.5. The number of carboxylic acid groups (broad SMARTS) is 1. The van der Waals surface area contributed by atoms with Gasteiger partial charge >= 0.3 is 13.8 Å². The van der Waals surface area contributed by atoms with E-state index >= 15 is 0 Å². The van der Waals surface area contributed by atoms with E-state index in [1.54, 1.807) is 0 Å². The summed E-state index contributed by atoms with van der Waals surface area (Å²) in [6, 6.07) is 0. The van der Waals surface area contributed by atoms with Crippen LogP contribution in [0.25, 0.3) is 0 Å². The van der Waals surface area contributed by atoms with Crippen LogP contribution in [0.3, 0.4) is 0 Å². The lowest BCUT2D eigenvalue weighted by molar-refractivity contribution is -0.135. The van der Waals surface area contributed by atoms with Crippen molar-refractivity contribution in [1.82, 2.24) is 6.15 Å². The molecule has 0 aromatic heterocycles. The largest absolute Gasteiger partial charge is 0.525 e. The number of phosphoric ester groups is 1. The van der Waals surface area contributed by atoms with Crippen molar-refractivity contribution in [3.63, 3.8) is 0 Å². The molecule has 8 heteroatoms. The summed E-state index contributed by atoms with van der Waals surface area (Å²) in [5.41, 5.74) is 0. The molecule has 6 N–H and O–H groups in total. The fourth-order valence-corrected chi connectivity index (χ4v) is 0.548. The maximum atomic E-state index is 9.89. The zero-order valence-corrected chi connectivity index (χ0v) is 6.32. The van der Waals surface area contributed by atoms with Gasteiger partial charge in [-0.15, -0.1) is 0 Å². The molecule has 0 aliphatic rings. The Morgan fingerprint density at radius 1 is 1.45 bits per heavy atom. The van der Waals surface area contributed by atoms with E-state index in [0.29, 0.717) is 0 Å². The van der Waals surface area contributed by atoms with E-state index in [1.807, 2.05) is 0 Å². The quantitative estimate of drug-likeness (QED) is 0.272. The molecule has 0 saturated heterocycles. The fraction of sp³-hybridized carbons (Fsp3) is 0. The maximum absolute atomic E-state index is 9.89. The first-order chi connectivity index (χ1) is 4.33. The monoisotopic (exact) mass is 185 g/mol. The molecular weight excluding hydrogens is 177 g/mol. The first kappa shape index (κ1) is 12.8. The first-order valence-corrected chi connectivity index (χ1v) is 3.53. The molecule has 7 nitrogen and oxygen atoms in total. The van der Waals surface area contributed by atoms with Crippen molar-refractivity contribution < 1.29 is 28.8 Å². The van der Waals surface area contributed by atoms with Crippen molar-refractivity contribution >= 4 is 13.8 Å². The van der Waals surface area contributed by atoms with Gasteiger partial charge in [0, 0.05) is 0 Å². The van der Waals surface area contributed by atoms with Crippen LogP contribution in [0.15, 0.2) is 12.3 Å². The van der Waals surface area contributed by atoms with Crippen molar-refractivity contribution in [2.45, 2.75) is 0 Å². The van der Waals surface area contributed by atoms with E-state index in [0.717, 1.165) is 0 Å². The minimum absolute atomic E-state index is 0. The second-order valence-electron chi connectivity index (χ2n) is 1.31. The van der Waals surface area contributed by atoms with Crippen LogP contribution in [0.2, 0.25) is 0 Å². The molecule has 0 amide bonds. The minimum Gasteiger partial charge on any atom is -0.475 e. The lowest BCUT2D eigenvalue weighted by Gasteiger charge is -2.03. The third kappa shape index (κ3) is 7.01. The standard InChI is InChI=1S/C3H5O6P.H3N/c1-2(3(4)5)9-10(6,7)8;/h1H2,(H,4,5)(H2,6,7,8);1H3. The normalized spacial score (nSPS) is 9.64. The number of hydrogen-bond donors (Lipinski definition) is 4. The molecule has 0 aromatic rings. The van der Waals surface area contributed by atoms with Crippen molar-refractivity contribution in [2.24, 2.45) is 0 Å². The molecule has 0 saturated carbocycles. The molecule has 0 rings (SSSR count). The van der Waals surface area contributed by atoms with E-state index in [9.17, 15) is 9.36 Å². The van der Waals surface area contributed by atoms with Gasteiger partial charge in [0.1, 0.15) is 0 Å².